The molecule has 0 spiro atoms. The molecule has 19 heavy (non-hydrogen) atoms. The van der Waals surface area contributed by atoms with Gasteiger partial charge in [0.25, 0.3) is 0 Å². The number of aromatic carboxylic acids is 1. The van der Waals surface area contributed by atoms with Crippen LogP contribution in [0.1, 0.15) is 28.8 Å². The van der Waals surface area contributed by atoms with Crippen molar-refractivity contribution in [1.29, 1.82) is 0 Å². The van der Waals surface area contributed by atoms with Crippen LogP contribution >= 0.6 is 0 Å². The Morgan fingerprint density at radius 1 is 1.42 bits per heavy atom. The summed E-state index contributed by atoms with van der Waals surface area (Å²) >= 11 is 0. The second kappa shape index (κ2) is 6.17. The molecule has 104 valence electrons. The molecule has 1 atom stereocenters. The summed E-state index contributed by atoms with van der Waals surface area (Å²) in [7, 11) is 4.32. The van der Waals surface area contributed by atoms with Crippen molar-refractivity contribution in [3.05, 3.63) is 35.4 Å². The first-order valence-corrected chi connectivity index (χ1v) is 6.77. The molecule has 1 saturated heterocycles. The van der Waals surface area contributed by atoms with E-state index in [-0.39, 0.29) is 0 Å². The summed E-state index contributed by atoms with van der Waals surface area (Å²) in [5.41, 5.74) is 1.52. The van der Waals surface area contributed by atoms with Crippen LogP contribution in [0.4, 0.5) is 0 Å². The molecule has 1 N–H and O–H groups in total. The van der Waals surface area contributed by atoms with E-state index in [1.54, 1.807) is 12.1 Å². The zero-order chi connectivity index (χ0) is 13.8. The fourth-order valence-electron chi connectivity index (χ4n) is 2.67. The van der Waals surface area contributed by atoms with E-state index in [1.165, 1.54) is 24.9 Å². The minimum Gasteiger partial charge on any atom is -0.478 e. The van der Waals surface area contributed by atoms with Gasteiger partial charge in [0.05, 0.1) is 5.56 Å². The molecule has 0 saturated carbocycles. The van der Waals surface area contributed by atoms with Gasteiger partial charge in [0.15, 0.2) is 0 Å². The summed E-state index contributed by atoms with van der Waals surface area (Å²) in [6.07, 6.45) is 2.50. The molecule has 0 aliphatic carbocycles. The number of carboxylic acid groups (broad SMARTS) is 1. The molecule has 0 radical (unpaired) electrons. The predicted molar refractivity (Wildman–Crippen MR) is 75.4 cm³/mol. The summed E-state index contributed by atoms with van der Waals surface area (Å²) in [4.78, 5) is 15.5. The van der Waals surface area contributed by atoms with Gasteiger partial charge in [0.1, 0.15) is 0 Å². The van der Waals surface area contributed by atoms with Gasteiger partial charge in [-0.25, -0.2) is 4.79 Å². The lowest BCUT2D eigenvalue weighted by Gasteiger charge is -2.35. The van der Waals surface area contributed by atoms with Crippen molar-refractivity contribution in [2.45, 2.75) is 25.4 Å². The minimum atomic E-state index is -0.867. The number of hydrogen-bond donors (Lipinski definition) is 1. The van der Waals surface area contributed by atoms with Crippen LogP contribution in [0.5, 0.6) is 0 Å². The molecule has 1 heterocycles. The summed E-state index contributed by atoms with van der Waals surface area (Å²) in [6.45, 7) is 3.18. The molecule has 1 aliphatic heterocycles. The van der Waals surface area contributed by atoms with E-state index < -0.39 is 5.97 Å². The molecular weight excluding hydrogens is 240 g/mol. The molecule has 0 bridgehead atoms. The first-order valence-electron chi connectivity index (χ1n) is 6.77. The van der Waals surface area contributed by atoms with E-state index in [4.69, 9.17) is 5.11 Å². The Labute approximate surface area is 114 Å². The number of benzene rings is 1. The SMILES string of the molecule is CN1CCCC(N(C)Cc2ccc(C(=O)O)cc2)C1. The molecule has 4 nitrogen and oxygen atoms in total. The van der Waals surface area contributed by atoms with E-state index in [1.807, 2.05) is 12.1 Å². The summed E-state index contributed by atoms with van der Waals surface area (Å²) in [5, 5.41) is 8.87. The highest BCUT2D eigenvalue weighted by Gasteiger charge is 2.20. The van der Waals surface area contributed by atoms with Gasteiger partial charge in [-0.3, -0.25) is 4.90 Å². The van der Waals surface area contributed by atoms with Crippen molar-refractivity contribution in [3.8, 4) is 0 Å². The van der Waals surface area contributed by atoms with Crippen molar-refractivity contribution in [3.63, 3.8) is 0 Å². The van der Waals surface area contributed by atoms with Crippen LogP contribution in [0.2, 0.25) is 0 Å². The normalized spacial score (nSPS) is 20.7. The van der Waals surface area contributed by atoms with Crippen molar-refractivity contribution >= 4 is 5.97 Å². The lowest BCUT2D eigenvalue weighted by molar-refractivity contribution is 0.0697. The van der Waals surface area contributed by atoms with Gasteiger partial charge >= 0.3 is 5.97 Å². The number of hydrogen-bond acceptors (Lipinski definition) is 3. The highest BCUT2D eigenvalue weighted by molar-refractivity contribution is 5.87. The Morgan fingerprint density at radius 2 is 2.11 bits per heavy atom. The third-order valence-corrected chi connectivity index (χ3v) is 3.86. The van der Waals surface area contributed by atoms with Crippen LogP contribution in [-0.4, -0.2) is 54.1 Å². The number of rotatable bonds is 4. The topological polar surface area (TPSA) is 43.8 Å². The van der Waals surface area contributed by atoms with Gasteiger partial charge < -0.3 is 10.0 Å². The minimum absolute atomic E-state index is 0.351. The Morgan fingerprint density at radius 3 is 2.68 bits per heavy atom. The molecular formula is C15H22N2O2. The highest BCUT2D eigenvalue weighted by atomic mass is 16.4. The lowest BCUT2D eigenvalue weighted by atomic mass is 10.0. The smallest absolute Gasteiger partial charge is 0.335 e. The van der Waals surface area contributed by atoms with Crippen LogP contribution < -0.4 is 0 Å². The Balaban J connectivity index is 1.94. The number of piperidine rings is 1. The zero-order valence-electron chi connectivity index (χ0n) is 11.7. The van der Waals surface area contributed by atoms with Crippen LogP contribution in [0.25, 0.3) is 0 Å². The van der Waals surface area contributed by atoms with Crippen LogP contribution in [-0.2, 0) is 6.54 Å². The number of nitrogens with zero attached hydrogens (tertiary/aromatic N) is 2. The maximum absolute atomic E-state index is 10.8. The van der Waals surface area contributed by atoms with Crippen molar-refractivity contribution in [2.75, 3.05) is 27.2 Å². The standard InChI is InChI=1S/C15H22N2O2/c1-16-9-3-4-14(11-16)17(2)10-12-5-7-13(8-6-12)15(18)19/h5-8,14H,3-4,9-11H2,1-2H3,(H,18,19). The molecule has 4 heteroatoms. The average molecular weight is 262 g/mol. The fourth-order valence-corrected chi connectivity index (χ4v) is 2.67. The molecule has 2 rings (SSSR count). The maximum Gasteiger partial charge on any atom is 0.335 e. The molecule has 0 aromatic heterocycles. The summed E-state index contributed by atoms with van der Waals surface area (Å²) < 4.78 is 0. The summed E-state index contributed by atoms with van der Waals surface area (Å²) in [6, 6.07) is 7.77. The van der Waals surface area contributed by atoms with E-state index in [2.05, 4.69) is 23.9 Å². The van der Waals surface area contributed by atoms with E-state index in [9.17, 15) is 4.79 Å². The van der Waals surface area contributed by atoms with Crippen molar-refractivity contribution in [1.82, 2.24) is 9.80 Å². The number of likely N-dealkylation sites (N-methyl/N-ethyl adjacent to an activating group) is 2. The predicted octanol–water partition coefficient (Wildman–Crippen LogP) is 1.91. The third kappa shape index (κ3) is 3.78. The van der Waals surface area contributed by atoms with Gasteiger partial charge in [-0.05, 0) is 51.2 Å². The van der Waals surface area contributed by atoms with Gasteiger partial charge in [0.2, 0.25) is 0 Å². The highest BCUT2D eigenvalue weighted by Crippen LogP contribution is 2.16. The average Bonchev–Trinajstić information content (AvgIpc) is 2.39. The molecule has 1 fully saturated rings. The summed E-state index contributed by atoms with van der Waals surface area (Å²) in [5.74, 6) is -0.867. The molecule has 1 unspecified atom stereocenters. The fraction of sp³-hybridized carbons (Fsp3) is 0.533. The molecule has 1 aromatic rings. The van der Waals surface area contributed by atoms with Gasteiger partial charge in [-0.15, -0.1) is 0 Å². The van der Waals surface area contributed by atoms with E-state index >= 15 is 0 Å². The Bertz CT molecular complexity index is 430. The van der Waals surface area contributed by atoms with Gasteiger partial charge in [-0.2, -0.15) is 0 Å². The Kier molecular flexibility index (Phi) is 4.56. The Hall–Kier alpha value is -1.39. The van der Waals surface area contributed by atoms with E-state index in [0.29, 0.717) is 11.6 Å². The molecule has 0 amide bonds. The quantitative estimate of drug-likeness (QED) is 0.900. The first kappa shape index (κ1) is 14.0. The third-order valence-electron chi connectivity index (χ3n) is 3.86. The first-order chi connectivity index (χ1) is 9.06. The molecule has 1 aromatic carbocycles. The van der Waals surface area contributed by atoms with Gasteiger partial charge in [0, 0.05) is 19.1 Å². The second-order valence-corrected chi connectivity index (χ2v) is 5.48. The van der Waals surface area contributed by atoms with Gasteiger partial charge in [-0.1, -0.05) is 12.1 Å². The van der Waals surface area contributed by atoms with Crippen LogP contribution in [0.15, 0.2) is 24.3 Å². The second-order valence-electron chi connectivity index (χ2n) is 5.48. The lowest BCUT2D eigenvalue weighted by Crippen LogP contribution is -2.44. The number of carbonyl (C=O) groups is 1. The maximum atomic E-state index is 10.8. The number of likely N-dealkylation sites (tertiary alicyclic amines) is 1. The molecule has 1 aliphatic rings. The van der Waals surface area contributed by atoms with E-state index in [0.717, 1.165) is 13.1 Å². The number of carboxylic acids is 1. The zero-order valence-corrected chi connectivity index (χ0v) is 11.7. The van der Waals surface area contributed by atoms with Crippen molar-refractivity contribution < 1.29 is 9.90 Å². The monoisotopic (exact) mass is 262 g/mol. The van der Waals surface area contributed by atoms with Crippen LogP contribution in [0.3, 0.4) is 0 Å². The van der Waals surface area contributed by atoms with Crippen molar-refractivity contribution in [2.24, 2.45) is 0 Å². The largest absolute Gasteiger partial charge is 0.478 e. The van der Waals surface area contributed by atoms with Crippen LogP contribution in [0, 0.1) is 0 Å².